The van der Waals surface area contributed by atoms with Gasteiger partial charge in [0.25, 0.3) is 0 Å². The first kappa shape index (κ1) is 12.3. The van der Waals surface area contributed by atoms with E-state index in [9.17, 15) is 0 Å². The predicted octanol–water partition coefficient (Wildman–Crippen LogP) is 3.66. The monoisotopic (exact) mass is 290 g/mol. The van der Waals surface area contributed by atoms with Gasteiger partial charge in [-0.15, -0.1) is 0 Å². The molecule has 0 aliphatic heterocycles. The maximum absolute atomic E-state index is 6.13. The Morgan fingerprint density at radius 2 is 2.16 bits per heavy atom. The van der Waals surface area contributed by atoms with E-state index in [-0.39, 0.29) is 0 Å². The van der Waals surface area contributed by atoms with Gasteiger partial charge in [0.15, 0.2) is 5.13 Å². The standard InChI is InChI=1S/C13H11ClN4S/c1-8-15-6-5-9(17-8)7-16-13-18-11-4-2-3-10(14)12(11)19-13/h2-6H,7H2,1H3,(H,16,18). The Kier molecular flexibility index (Phi) is 3.31. The fourth-order valence-corrected chi connectivity index (χ4v) is 2.91. The topological polar surface area (TPSA) is 50.7 Å². The first-order valence-corrected chi connectivity index (χ1v) is 6.99. The molecule has 0 bridgehead atoms. The number of benzene rings is 1. The fourth-order valence-electron chi connectivity index (χ4n) is 1.76. The molecule has 0 saturated carbocycles. The zero-order valence-electron chi connectivity index (χ0n) is 10.2. The minimum absolute atomic E-state index is 0.626. The van der Waals surface area contributed by atoms with Crippen LogP contribution in [0.1, 0.15) is 11.5 Å². The molecule has 19 heavy (non-hydrogen) atoms. The number of rotatable bonds is 3. The highest BCUT2D eigenvalue weighted by molar-refractivity contribution is 7.22. The molecule has 6 heteroatoms. The van der Waals surface area contributed by atoms with Crippen molar-refractivity contribution in [1.29, 1.82) is 0 Å². The molecule has 2 aromatic heterocycles. The highest BCUT2D eigenvalue weighted by atomic mass is 35.5. The SMILES string of the molecule is Cc1nccc(CNc2nc3cccc(Cl)c3s2)n1. The lowest BCUT2D eigenvalue weighted by Crippen LogP contribution is -2.02. The highest BCUT2D eigenvalue weighted by Gasteiger charge is 2.06. The molecule has 0 fully saturated rings. The number of thiazole rings is 1. The largest absolute Gasteiger partial charge is 0.356 e. The number of anilines is 1. The smallest absolute Gasteiger partial charge is 0.184 e. The van der Waals surface area contributed by atoms with Crippen LogP contribution in [0.5, 0.6) is 0 Å². The molecule has 4 nitrogen and oxygen atoms in total. The van der Waals surface area contributed by atoms with E-state index >= 15 is 0 Å². The molecule has 0 radical (unpaired) electrons. The maximum atomic E-state index is 6.13. The van der Waals surface area contributed by atoms with Crippen LogP contribution in [0.3, 0.4) is 0 Å². The molecule has 0 unspecified atom stereocenters. The summed E-state index contributed by atoms with van der Waals surface area (Å²) in [5, 5.41) is 4.85. The molecule has 0 aliphatic rings. The number of nitrogens with one attached hydrogen (secondary N) is 1. The van der Waals surface area contributed by atoms with E-state index in [1.807, 2.05) is 31.2 Å². The zero-order chi connectivity index (χ0) is 13.2. The van der Waals surface area contributed by atoms with Crippen LogP contribution in [0.15, 0.2) is 30.5 Å². The number of aromatic nitrogens is 3. The summed E-state index contributed by atoms with van der Waals surface area (Å²) in [5.41, 5.74) is 1.86. The molecule has 3 rings (SSSR count). The van der Waals surface area contributed by atoms with Gasteiger partial charge in [-0.25, -0.2) is 15.0 Å². The lowest BCUT2D eigenvalue weighted by molar-refractivity contribution is 0.954. The van der Waals surface area contributed by atoms with Crippen molar-refractivity contribution in [3.8, 4) is 0 Å². The van der Waals surface area contributed by atoms with Crippen molar-refractivity contribution in [1.82, 2.24) is 15.0 Å². The summed E-state index contributed by atoms with van der Waals surface area (Å²) >= 11 is 7.68. The predicted molar refractivity (Wildman–Crippen MR) is 78.7 cm³/mol. The van der Waals surface area contributed by atoms with Crippen molar-refractivity contribution in [3.63, 3.8) is 0 Å². The van der Waals surface area contributed by atoms with Crippen LogP contribution in [-0.4, -0.2) is 15.0 Å². The minimum Gasteiger partial charge on any atom is -0.356 e. The molecule has 1 N–H and O–H groups in total. The van der Waals surface area contributed by atoms with Crippen LogP contribution in [0.2, 0.25) is 5.02 Å². The zero-order valence-corrected chi connectivity index (χ0v) is 11.8. The van der Waals surface area contributed by atoms with Gasteiger partial charge >= 0.3 is 0 Å². The van der Waals surface area contributed by atoms with E-state index in [2.05, 4.69) is 20.3 Å². The fraction of sp³-hybridized carbons (Fsp3) is 0.154. The summed E-state index contributed by atoms with van der Waals surface area (Å²) in [6.07, 6.45) is 1.76. The van der Waals surface area contributed by atoms with E-state index in [1.165, 1.54) is 0 Å². The first-order valence-electron chi connectivity index (χ1n) is 5.80. The van der Waals surface area contributed by atoms with E-state index < -0.39 is 0 Å². The molecule has 0 amide bonds. The van der Waals surface area contributed by atoms with Crippen molar-refractivity contribution < 1.29 is 0 Å². The summed E-state index contributed by atoms with van der Waals surface area (Å²) in [7, 11) is 0. The van der Waals surface area contributed by atoms with Gasteiger partial charge in [0.1, 0.15) is 5.82 Å². The number of nitrogens with zero attached hydrogens (tertiary/aromatic N) is 3. The minimum atomic E-state index is 0.626. The van der Waals surface area contributed by atoms with Crippen molar-refractivity contribution in [2.24, 2.45) is 0 Å². The van der Waals surface area contributed by atoms with E-state index in [0.29, 0.717) is 6.54 Å². The number of aryl methyl sites for hydroxylation is 1. The van der Waals surface area contributed by atoms with Crippen LogP contribution in [-0.2, 0) is 6.54 Å². The third-order valence-corrected chi connectivity index (χ3v) is 4.11. The Balaban J connectivity index is 1.80. The van der Waals surface area contributed by atoms with E-state index in [1.54, 1.807) is 17.5 Å². The summed E-state index contributed by atoms with van der Waals surface area (Å²) in [5.74, 6) is 0.770. The van der Waals surface area contributed by atoms with E-state index in [0.717, 1.165) is 31.9 Å². The molecule has 96 valence electrons. The number of hydrogen-bond donors (Lipinski definition) is 1. The van der Waals surface area contributed by atoms with Crippen LogP contribution in [0.4, 0.5) is 5.13 Å². The van der Waals surface area contributed by atoms with Gasteiger partial charge in [0.2, 0.25) is 0 Å². The van der Waals surface area contributed by atoms with Gasteiger partial charge in [-0.05, 0) is 25.1 Å². The van der Waals surface area contributed by atoms with Gasteiger partial charge in [-0.1, -0.05) is 29.0 Å². The Morgan fingerprint density at radius 1 is 1.26 bits per heavy atom. The number of fused-ring (bicyclic) bond motifs is 1. The van der Waals surface area contributed by atoms with E-state index in [4.69, 9.17) is 11.6 Å². The first-order chi connectivity index (χ1) is 9.22. The number of halogens is 1. The van der Waals surface area contributed by atoms with Crippen LogP contribution in [0, 0.1) is 6.92 Å². The van der Waals surface area contributed by atoms with Crippen molar-refractivity contribution >= 4 is 38.3 Å². The van der Waals surface area contributed by atoms with Gasteiger partial charge in [-0.2, -0.15) is 0 Å². The second-order valence-corrected chi connectivity index (χ2v) is 5.46. The normalized spacial score (nSPS) is 10.8. The maximum Gasteiger partial charge on any atom is 0.184 e. The summed E-state index contributed by atoms with van der Waals surface area (Å²) < 4.78 is 1.01. The summed E-state index contributed by atoms with van der Waals surface area (Å²) in [6.45, 7) is 2.50. The van der Waals surface area contributed by atoms with Crippen molar-refractivity contribution in [3.05, 3.63) is 47.0 Å². The molecule has 0 saturated heterocycles. The van der Waals surface area contributed by atoms with Crippen molar-refractivity contribution in [2.45, 2.75) is 13.5 Å². The Hall–Kier alpha value is -1.72. The molecule has 0 spiro atoms. The van der Waals surface area contributed by atoms with Crippen LogP contribution in [0.25, 0.3) is 10.2 Å². The Morgan fingerprint density at radius 3 is 2.95 bits per heavy atom. The van der Waals surface area contributed by atoms with Gasteiger partial charge in [-0.3, -0.25) is 0 Å². The molecular weight excluding hydrogens is 280 g/mol. The second kappa shape index (κ2) is 5.11. The molecule has 0 atom stereocenters. The molecule has 0 aliphatic carbocycles. The second-order valence-electron chi connectivity index (χ2n) is 4.06. The Bertz CT molecular complexity index is 725. The number of hydrogen-bond acceptors (Lipinski definition) is 5. The summed E-state index contributed by atoms with van der Waals surface area (Å²) in [4.78, 5) is 12.9. The average molecular weight is 291 g/mol. The van der Waals surface area contributed by atoms with Crippen molar-refractivity contribution in [2.75, 3.05) is 5.32 Å². The molecular formula is C13H11ClN4S. The van der Waals surface area contributed by atoms with Crippen LogP contribution >= 0.6 is 22.9 Å². The van der Waals surface area contributed by atoms with Gasteiger partial charge in [0.05, 0.1) is 27.5 Å². The Labute approximate surface area is 119 Å². The summed E-state index contributed by atoms with van der Waals surface area (Å²) in [6, 6.07) is 7.62. The average Bonchev–Trinajstić information content (AvgIpc) is 2.81. The third kappa shape index (κ3) is 2.67. The molecule has 2 heterocycles. The third-order valence-electron chi connectivity index (χ3n) is 2.62. The van der Waals surface area contributed by atoms with Gasteiger partial charge < -0.3 is 5.32 Å². The quantitative estimate of drug-likeness (QED) is 0.800. The molecule has 3 aromatic rings. The highest BCUT2D eigenvalue weighted by Crippen LogP contribution is 2.31. The lowest BCUT2D eigenvalue weighted by atomic mass is 10.3. The van der Waals surface area contributed by atoms with Crippen LogP contribution < -0.4 is 5.32 Å². The lowest BCUT2D eigenvalue weighted by Gasteiger charge is -2.01. The van der Waals surface area contributed by atoms with Gasteiger partial charge in [0, 0.05) is 6.20 Å². The molecule has 1 aromatic carbocycles.